The molecule has 0 bridgehead atoms. The highest BCUT2D eigenvalue weighted by Crippen LogP contribution is 2.31. The average molecular weight is 477 g/mol. The summed E-state index contributed by atoms with van der Waals surface area (Å²) in [5.41, 5.74) is 3.10. The van der Waals surface area contributed by atoms with Crippen molar-refractivity contribution in [1.29, 1.82) is 0 Å². The highest BCUT2D eigenvalue weighted by atomic mass is 79.9. The predicted octanol–water partition coefficient (Wildman–Crippen LogP) is 4.40. The molecule has 1 amide bonds. The van der Waals surface area contributed by atoms with Crippen LogP contribution in [-0.4, -0.2) is 25.8 Å². The molecular weight excluding hydrogens is 463 g/mol. The molecule has 2 aromatic carbocycles. The van der Waals surface area contributed by atoms with E-state index in [2.05, 4.69) is 42.4 Å². The molecule has 2 aromatic rings. The number of amides is 1. The number of hydrogen-bond acceptors (Lipinski definition) is 4. The lowest BCUT2D eigenvalue weighted by Crippen LogP contribution is -2.24. The lowest BCUT2D eigenvalue weighted by atomic mass is 10.2. The highest BCUT2D eigenvalue weighted by Gasteiger charge is 2.08. The number of hydrogen-bond donors (Lipinski definition) is 1. The number of carbonyl (C=O) groups is 1. The summed E-state index contributed by atoms with van der Waals surface area (Å²) in [7, 11) is 1.56. The zero-order valence-electron chi connectivity index (χ0n) is 12.6. The molecule has 126 valence electrons. The molecule has 0 saturated carbocycles. The summed E-state index contributed by atoms with van der Waals surface area (Å²) in [6.07, 6.45) is 1.49. The topological polar surface area (TPSA) is 59.9 Å². The van der Waals surface area contributed by atoms with Crippen LogP contribution in [0, 0.1) is 0 Å². The van der Waals surface area contributed by atoms with Gasteiger partial charge in [-0.2, -0.15) is 5.10 Å². The standard InChI is InChI=1S/C16H13Br2ClN2O3/c1-23-16-10(5-11(17)6-14(16)18)8-20-21-15(22)9-24-13-4-2-3-12(19)7-13/h2-8H,9H2,1H3,(H,21,22)/b20-8+. The fourth-order valence-corrected chi connectivity index (χ4v) is 3.40. The largest absolute Gasteiger partial charge is 0.495 e. The monoisotopic (exact) mass is 474 g/mol. The van der Waals surface area contributed by atoms with Crippen LogP contribution in [-0.2, 0) is 4.79 Å². The second kappa shape index (κ2) is 9.05. The normalized spacial score (nSPS) is 10.7. The zero-order chi connectivity index (χ0) is 17.5. The number of halogens is 3. The van der Waals surface area contributed by atoms with Crippen LogP contribution in [0.25, 0.3) is 0 Å². The van der Waals surface area contributed by atoms with Crippen LogP contribution in [0.3, 0.4) is 0 Å². The quantitative estimate of drug-likeness (QED) is 0.497. The predicted molar refractivity (Wildman–Crippen MR) is 101 cm³/mol. The third-order valence-electron chi connectivity index (χ3n) is 2.80. The first-order chi connectivity index (χ1) is 11.5. The molecule has 0 aliphatic carbocycles. The molecule has 0 saturated heterocycles. The molecular formula is C16H13Br2ClN2O3. The summed E-state index contributed by atoms with van der Waals surface area (Å²) in [6.45, 7) is -0.170. The highest BCUT2D eigenvalue weighted by molar-refractivity contribution is 9.11. The van der Waals surface area contributed by atoms with Gasteiger partial charge in [-0.25, -0.2) is 5.43 Å². The first-order valence-corrected chi connectivity index (χ1v) is 8.69. The SMILES string of the molecule is COc1c(Br)cc(Br)cc1/C=N/NC(=O)COc1cccc(Cl)c1. The van der Waals surface area contributed by atoms with Crippen molar-refractivity contribution in [3.05, 3.63) is 55.9 Å². The minimum atomic E-state index is -0.390. The summed E-state index contributed by atoms with van der Waals surface area (Å²) in [5, 5.41) is 4.45. The number of hydrazone groups is 1. The summed E-state index contributed by atoms with van der Waals surface area (Å²) >= 11 is 12.6. The van der Waals surface area contributed by atoms with Gasteiger partial charge < -0.3 is 9.47 Å². The van der Waals surface area contributed by atoms with Gasteiger partial charge in [-0.3, -0.25) is 4.79 Å². The molecule has 0 aliphatic heterocycles. The molecule has 0 aromatic heterocycles. The first kappa shape index (κ1) is 18.8. The Balaban J connectivity index is 1.93. The zero-order valence-corrected chi connectivity index (χ0v) is 16.5. The van der Waals surface area contributed by atoms with E-state index in [-0.39, 0.29) is 12.5 Å². The molecule has 0 heterocycles. The van der Waals surface area contributed by atoms with E-state index in [1.54, 1.807) is 31.4 Å². The molecule has 0 unspecified atom stereocenters. The van der Waals surface area contributed by atoms with Gasteiger partial charge in [0.15, 0.2) is 6.61 Å². The van der Waals surface area contributed by atoms with Gasteiger partial charge in [-0.15, -0.1) is 0 Å². The van der Waals surface area contributed by atoms with Crippen LogP contribution in [0.4, 0.5) is 0 Å². The van der Waals surface area contributed by atoms with Crippen LogP contribution in [0.2, 0.25) is 5.02 Å². The number of nitrogens with one attached hydrogen (secondary N) is 1. The van der Waals surface area contributed by atoms with Crippen LogP contribution in [0.15, 0.2) is 50.4 Å². The lowest BCUT2D eigenvalue weighted by Gasteiger charge is -2.08. The minimum Gasteiger partial charge on any atom is -0.495 e. The summed E-state index contributed by atoms with van der Waals surface area (Å²) in [6, 6.07) is 10.5. The molecule has 0 radical (unpaired) electrons. The Kier molecular flexibility index (Phi) is 7.08. The van der Waals surface area contributed by atoms with Crippen LogP contribution >= 0.6 is 43.5 Å². The molecule has 0 atom stereocenters. The Morgan fingerprint density at radius 1 is 1.33 bits per heavy atom. The summed E-state index contributed by atoms with van der Waals surface area (Å²) in [4.78, 5) is 11.7. The molecule has 0 spiro atoms. The van der Waals surface area contributed by atoms with Crippen molar-refractivity contribution in [3.63, 3.8) is 0 Å². The Morgan fingerprint density at radius 3 is 2.83 bits per heavy atom. The van der Waals surface area contributed by atoms with Gasteiger partial charge in [0.25, 0.3) is 5.91 Å². The Labute approximate surface area is 161 Å². The maximum Gasteiger partial charge on any atom is 0.277 e. The first-order valence-electron chi connectivity index (χ1n) is 6.73. The third-order valence-corrected chi connectivity index (χ3v) is 4.08. The third kappa shape index (κ3) is 5.51. The fraction of sp³-hybridized carbons (Fsp3) is 0.125. The van der Waals surface area contributed by atoms with E-state index in [1.807, 2.05) is 12.1 Å². The van der Waals surface area contributed by atoms with Gasteiger partial charge >= 0.3 is 0 Å². The average Bonchev–Trinajstić information content (AvgIpc) is 2.53. The van der Waals surface area contributed by atoms with Crippen LogP contribution < -0.4 is 14.9 Å². The molecule has 1 N–H and O–H groups in total. The lowest BCUT2D eigenvalue weighted by molar-refractivity contribution is -0.123. The van der Waals surface area contributed by atoms with Crippen molar-refractivity contribution < 1.29 is 14.3 Å². The minimum absolute atomic E-state index is 0.170. The van der Waals surface area contributed by atoms with Crippen molar-refractivity contribution in [1.82, 2.24) is 5.43 Å². The van der Waals surface area contributed by atoms with E-state index >= 15 is 0 Å². The number of carbonyl (C=O) groups excluding carboxylic acids is 1. The van der Waals surface area contributed by atoms with E-state index in [0.717, 1.165) is 8.95 Å². The molecule has 2 rings (SSSR count). The van der Waals surface area contributed by atoms with Gasteiger partial charge in [-0.1, -0.05) is 33.6 Å². The summed E-state index contributed by atoms with van der Waals surface area (Å²) < 4.78 is 12.2. The number of rotatable bonds is 6. The van der Waals surface area contributed by atoms with Crippen molar-refractivity contribution in [2.75, 3.05) is 13.7 Å². The van der Waals surface area contributed by atoms with Gasteiger partial charge in [-0.05, 0) is 46.3 Å². The van der Waals surface area contributed by atoms with Crippen molar-refractivity contribution in [2.24, 2.45) is 5.10 Å². The van der Waals surface area contributed by atoms with E-state index < -0.39 is 0 Å². The number of benzene rings is 2. The Bertz CT molecular complexity index is 769. The number of methoxy groups -OCH3 is 1. The van der Waals surface area contributed by atoms with Crippen LogP contribution in [0.1, 0.15) is 5.56 Å². The van der Waals surface area contributed by atoms with Gasteiger partial charge in [0.2, 0.25) is 0 Å². The van der Waals surface area contributed by atoms with Gasteiger partial charge in [0, 0.05) is 15.1 Å². The molecule has 24 heavy (non-hydrogen) atoms. The fourth-order valence-electron chi connectivity index (χ4n) is 1.80. The van der Waals surface area contributed by atoms with Gasteiger partial charge in [0.1, 0.15) is 11.5 Å². The van der Waals surface area contributed by atoms with Crippen molar-refractivity contribution >= 4 is 55.6 Å². The second-order valence-corrected chi connectivity index (χ2v) is 6.76. The van der Waals surface area contributed by atoms with Crippen molar-refractivity contribution in [2.45, 2.75) is 0 Å². The second-order valence-electron chi connectivity index (χ2n) is 4.55. The molecule has 0 fully saturated rings. The van der Waals surface area contributed by atoms with E-state index in [4.69, 9.17) is 21.1 Å². The van der Waals surface area contributed by atoms with Crippen LogP contribution in [0.5, 0.6) is 11.5 Å². The maximum atomic E-state index is 11.7. The molecule has 8 heteroatoms. The van der Waals surface area contributed by atoms with E-state index in [1.165, 1.54) is 6.21 Å². The Hall–Kier alpha value is -1.57. The number of nitrogens with zero attached hydrogens (tertiary/aromatic N) is 1. The van der Waals surface area contributed by atoms with E-state index in [9.17, 15) is 4.79 Å². The van der Waals surface area contributed by atoms with E-state index in [0.29, 0.717) is 22.1 Å². The van der Waals surface area contributed by atoms with Gasteiger partial charge in [0.05, 0.1) is 17.8 Å². The molecule has 0 aliphatic rings. The Morgan fingerprint density at radius 2 is 2.12 bits per heavy atom. The maximum absolute atomic E-state index is 11.7. The smallest absolute Gasteiger partial charge is 0.277 e. The van der Waals surface area contributed by atoms with Crippen molar-refractivity contribution in [3.8, 4) is 11.5 Å². The molecule has 5 nitrogen and oxygen atoms in total. The summed E-state index contributed by atoms with van der Waals surface area (Å²) in [5.74, 6) is 0.741. The number of ether oxygens (including phenoxy) is 2.